The van der Waals surface area contributed by atoms with Gasteiger partial charge in [-0.05, 0) is 59.4 Å². The van der Waals surface area contributed by atoms with Crippen LogP contribution in [0.3, 0.4) is 0 Å². The Hall–Kier alpha value is -0.850. The Bertz CT molecular complexity index is 463. The summed E-state index contributed by atoms with van der Waals surface area (Å²) in [4.78, 5) is 13.0. The number of anilines is 1. The normalized spacial score (nSPS) is 11.2. The van der Waals surface area contributed by atoms with Crippen LogP contribution >= 0.6 is 22.6 Å². The maximum atomic E-state index is 10.9. The van der Waals surface area contributed by atoms with Gasteiger partial charge in [0.1, 0.15) is 0 Å². The van der Waals surface area contributed by atoms with Crippen molar-refractivity contribution in [2.45, 2.75) is 40.5 Å². The highest BCUT2D eigenvalue weighted by atomic mass is 127. The Morgan fingerprint density at radius 2 is 1.67 bits per heavy atom. The van der Waals surface area contributed by atoms with Crippen LogP contribution in [-0.2, 0) is 0 Å². The minimum atomic E-state index is -0.321. The monoisotopic (exact) mass is 404 g/mol. The van der Waals surface area contributed by atoms with E-state index in [4.69, 9.17) is 0 Å². The highest BCUT2D eigenvalue weighted by Crippen LogP contribution is 2.27. The SMILES string of the molecule is CC(C)CCN(CCC(C)C)c1ccc([N+](=O)[O-])c(I)c1. The van der Waals surface area contributed by atoms with Gasteiger partial charge in [-0.25, -0.2) is 0 Å². The van der Waals surface area contributed by atoms with Gasteiger partial charge in [0, 0.05) is 24.8 Å². The molecule has 0 saturated carbocycles. The molecule has 0 bridgehead atoms. The molecule has 0 aromatic heterocycles. The van der Waals surface area contributed by atoms with E-state index in [1.54, 1.807) is 6.07 Å². The van der Waals surface area contributed by atoms with E-state index in [2.05, 4.69) is 32.6 Å². The second kappa shape index (κ2) is 8.56. The first-order valence-corrected chi connectivity index (χ1v) is 8.58. The van der Waals surface area contributed by atoms with Crippen molar-refractivity contribution in [3.8, 4) is 0 Å². The predicted octanol–water partition coefficient (Wildman–Crippen LogP) is 5.10. The number of nitrogens with zero attached hydrogens (tertiary/aromatic N) is 2. The van der Waals surface area contributed by atoms with Crippen molar-refractivity contribution >= 4 is 34.0 Å². The highest BCUT2D eigenvalue weighted by Gasteiger charge is 2.15. The second-order valence-electron chi connectivity index (χ2n) is 6.24. The van der Waals surface area contributed by atoms with Gasteiger partial charge in [0.25, 0.3) is 5.69 Å². The Kier molecular flexibility index (Phi) is 7.42. The third-order valence-electron chi connectivity index (χ3n) is 3.45. The van der Waals surface area contributed by atoms with Gasteiger partial charge in [0.05, 0.1) is 8.49 Å². The number of nitro groups is 1. The summed E-state index contributed by atoms with van der Waals surface area (Å²) in [5.41, 5.74) is 1.28. The number of hydrogen-bond donors (Lipinski definition) is 0. The minimum absolute atomic E-state index is 0.187. The molecule has 0 fully saturated rings. The van der Waals surface area contributed by atoms with Gasteiger partial charge < -0.3 is 4.90 Å². The van der Waals surface area contributed by atoms with Crippen molar-refractivity contribution in [3.63, 3.8) is 0 Å². The van der Waals surface area contributed by atoms with Gasteiger partial charge in [-0.15, -0.1) is 0 Å². The average Bonchev–Trinajstić information content (AvgIpc) is 2.37. The van der Waals surface area contributed by atoms with Crippen molar-refractivity contribution in [3.05, 3.63) is 31.9 Å². The summed E-state index contributed by atoms with van der Waals surface area (Å²) >= 11 is 2.05. The smallest absolute Gasteiger partial charge is 0.282 e. The lowest BCUT2D eigenvalue weighted by Crippen LogP contribution is -2.27. The maximum Gasteiger partial charge on any atom is 0.282 e. The van der Waals surface area contributed by atoms with Crippen molar-refractivity contribution in [2.75, 3.05) is 18.0 Å². The molecular formula is C16H25IN2O2. The van der Waals surface area contributed by atoms with E-state index in [0.717, 1.165) is 31.6 Å². The summed E-state index contributed by atoms with van der Waals surface area (Å²) in [6, 6.07) is 5.43. The average molecular weight is 404 g/mol. The molecule has 0 radical (unpaired) electrons. The lowest BCUT2D eigenvalue weighted by molar-refractivity contribution is -0.385. The van der Waals surface area contributed by atoms with E-state index in [1.807, 2.05) is 34.7 Å². The van der Waals surface area contributed by atoms with E-state index < -0.39 is 0 Å². The van der Waals surface area contributed by atoms with Crippen LogP contribution in [-0.4, -0.2) is 18.0 Å². The first kappa shape index (κ1) is 18.2. The van der Waals surface area contributed by atoms with Crippen LogP contribution < -0.4 is 4.90 Å². The van der Waals surface area contributed by atoms with Crippen LogP contribution in [0, 0.1) is 25.5 Å². The summed E-state index contributed by atoms with van der Waals surface area (Å²) in [5, 5.41) is 10.9. The zero-order chi connectivity index (χ0) is 16.0. The Morgan fingerprint density at radius 1 is 1.14 bits per heavy atom. The van der Waals surface area contributed by atoms with Crippen LogP contribution in [0.25, 0.3) is 0 Å². The zero-order valence-electron chi connectivity index (χ0n) is 13.3. The molecule has 0 aliphatic carbocycles. The molecule has 0 heterocycles. The quantitative estimate of drug-likeness (QED) is 0.344. The van der Waals surface area contributed by atoms with Crippen LogP contribution in [0.15, 0.2) is 18.2 Å². The molecule has 118 valence electrons. The van der Waals surface area contributed by atoms with Crippen molar-refractivity contribution in [2.24, 2.45) is 11.8 Å². The van der Waals surface area contributed by atoms with Gasteiger partial charge in [-0.1, -0.05) is 27.7 Å². The molecule has 0 unspecified atom stereocenters. The number of hydrogen-bond acceptors (Lipinski definition) is 3. The summed E-state index contributed by atoms with van der Waals surface area (Å²) < 4.78 is 0.703. The number of nitro benzene ring substituents is 1. The Balaban J connectivity index is 2.90. The zero-order valence-corrected chi connectivity index (χ0v) is 15.5. The topological polar surface area (TPSA) is 46.4 Å². The molecular weight excluding hydrogens is 379 g/mol. The fourth-order valence-corrected chi connectivity index (χ4v) is 2.73. The lowest BCUT2D eigenvalue weighted by atomic mass is 10.1. The van der Waals surface area contributed by atoms with E-state index in [1.165, 1.54) is 0 Å². The highest BCUT2D eigenvalue weighted by molar-refractivity contribution is 14.1. The van der Waals surface area contributed by atoms with E-state index in [9.17, 15) is 10.1 Å². The summed E-state index contributed by atoms with van der Waals surface area (Å²) in [5.74, 6) is 1.31. The summed E-state index contributed by atoms with van der Waals surface area (Å²) in [7, 11) is 0. The molecule has 5 heteroatoms. The molecule has 4 nitrogen and oxygen atoms in total. The maximum absolute atomic E-state index is 10.9. The van der Waals surface area contributed by atoms with Crippen LogP contribution in [0.2, 0.25) is 0 Å². The molecule has 0 spiro atoms. The molecule has 0 saturated heterocycles. The van der Waals surface area contributed by atoms with Crippen LogP contribution in [0.5, 0.6) is 0 Å². The van der Waals surface area contributed by atoms with Gasteiger partial charge in [0.2, 0.25) is 0 Å². The predicted molar refractivity (Wildman–Crippen MR) is 96.9 cm³/mol. The first-order valence-electron chi connectivity index (χ1n) is 7.50. The van der Waals surface area contributed by atoms with E-state index in [0.29, 0.717) is 15.4 Å². The molecule has 0 atom stereocenters. The van der Waals surface area contributed by atoms with Crippen LogP contribution in [0.1, 0.15) is 40.5 Å². The number of halogens is 1. The second-order valence-corrected chi connectivity index (χ2v) is 7.41. The van der Waals surface area contributed by atoms with Crippen LogP contribution in [0.4, 0.5) is 11.4 Å². The third kappa shape index (κ3) is 6.20. The molecule has 1 rings (SSSR count). The number of benzene rings is 1. The van der Waals surface area contributed by atoms with Crippen molar-refractivity contribution in [1.29, 1.82) is 0 Å². The van der Waals surface area contributed by atoms with Gasteiger partial charge >= 0.3 is 0 Å². The Labute approximate surface area is 141 Å². The third-order valence-corrected chi connectivity index (χ3v) is 4.31. The molecule has 0 N–H and O–H groups in total. The molecule has 1 aromatic carbocycles. The van der Waals surface area contributed by atoms with Crippen molar-refractivity contribution in [1.82, 2.24) is 0 Å². The van der Waals surface area contributed by atoms with Gasteiger partial charge in [-0.2, -0.15) is 0 Å². The van der Waals surface area contributed by atoms with E-state index in [-0.39, 0.29) is 10.6 Å². The fourth-order valence-electron chi connectivity index (χ4n) is 2.04. The lowest BCUT2D eigenvalue weighted by Gasteiger charge is -2.26. The molecule has 1 aromatic rings. The first-order chi connectivity index (χ1) is 9.81. The summed E-state index contributed by atoms with van der Waals surface area (Å²) in [6.07, 6.45) is 2.26. The minimum Gasteiger partial charge on any atom is -0.371 e. The van der Waals surface area contributed by atoms with E-state index >= 15 is 0 Å². The van der Waals surface area contributed by atoms with Gasteiger partial charge in [-0.3, -0.25) is 10.1 Å². The molecule has 0 aliphatic heterocycles. The Morgan fingerprint density at radius 3 is 2.05 bits per heavy atom. The standard InChI is InChI=1S/C16H25IN2O2/c1-12(2)7-9-18(10-8-13(3)4)14-5-6-16(19(20)21)15(17)11-14/h5-6,11-13H,7-10H2,1-4H3. The fraction of sp³-hybridized carbons (Fsp3) is 0.625. The summed E-state index contributed by atoms with van der Waals surface area (Å²) in [6.45, 7) is 10.9. The van der Waals surface area contributed by atoms with Gasteiger partial charge in [0.15, 0.2) is 0 Å². The van der Waals surface area contributed by atoms with Crippen molar-refractivity contribution < 1.29 is 4.92 Å². The number of rotatable bonds is 8. The molecule has 21 heavy (non-hydrogen) atoms. The molecule has 0 amide bonds. The largest absolute Gasteiger partial charge is 0.371 e. The molecule has 0 aliphatic rings.